The Labute approximate surface area is 161 Å². The minimum atomic E-state index is 0.120. The fraction of sp³-hybridized carbons (Fsp3) is 0.524. The van der Waals surface area contributed by atoms with E-state index in [2.05, 4.69) is 39.0 Å². The Bertz CT molecular complexity index is 762. The predicted octanol–water partition coefficient (Wildman–Crippen LogP) is 2.32. The Morgan fingerprint density at radius 3 is 2.44 bits per heavy atom. The fourth-order valence-electron chi connectivity index (χ4n) is 4.43. The maximum Gasteiger partial charge on any atom is 0.253 e. The molecule has 2 aliphatic rings. The lowest BCUT2D eigenvalue weighted by Gasteiger charge is -2.47. The highest BCUT2D eigenvalue weighted by atomic mass is 16.2. The first kappa shape index (κ1) is 18.2. The number of rotatable bonds is 2. The smallest absolute Gasteiger partial charge is 0.253 e. The van der Waals surface area contributed by atoms with Crippen molar-refractivity contribution in [2.24, 2.45) is 0 Å². The molecule has 3 heterocycles. The van der Waals surface area contributed by atoms with Crippen molar-refractivity contribution in [3.05, 3.63) is 42.1 Å². The normalized spacial score (nSPS) is 21.3. The highest BCUT2D eigenvalue weighted by molar-refractivity contribution is 5.94. The second-order valence-corrected chi connectivity index (χ2v) is 8.08. The number of benzene rings is 1. The van der Waals surface area contributed by atoms with Crippen LogP contribution in [0.5, 0.6) is 0 Å². The molecule has 2 aliphatic heterocycles. The lowest BCUT2D eigenvalue weighted by atomic mass is 9.85. The molecule has 27 heavy (non-hydrogen) atoms. The Balaban J connectivity index is 1.52. The summed E-state index contributed by atoms with van der Waals surface area (Å²) in [6.45, 7) is 4.93. The van der Waals surface area contributed by atoms with Gasteiger partial charge in [0.05, 0.1) is 5.69 Å². The van der Waals surface area contributed by atoms with Gasteiger partial charge < -0.3 is 9.80 Å². The van der Waals surface area contributed by atoms with Crippen LogP contribution in [0.4, 0.5) is 0 Å². The van der Waals surface area contributed by atoms with Crippen molar-refractivity contribution in [3.63, 3.8) is 0 Å². The van der Waals surface area contributed by atoms with Crippen molar-refractivity contribution in [1.82, 2.24) is 24.9 Å². The number of aromatic amines is 1. The van der Waals surface area contributed by atoms with E-state index >= 15 is 0 Å². The first-order valence-corrected chi connectivity index (χ1v) is 9.86. The van der Waals surface area contributed by atoms with Gasteiger partial charge in [0.25, 0.3) is 5.91 Å². The van der Waals surface area contributed by atoms with E-state index in [0.29, 0.717) is 0 Å². The summed E-state index contributed by atoms with van der Waals surface area (Å²) < 4.78 is 0. The maximum atomic E-state index is 13.2. The molecule has 0 aliphatic carbocycles. The molecule has 1 spiro atoms. The Morgan fingerprint density at radius 1 is 1.04 bits per heavy atom. The van der Waals surface area contributed by atoms with E-state index in [1.807, 2.05) is 30.3 Å². The number of nitrogens with one attached hydrogen (secondary N) is 1. The third kappa shape index (κ3) is 3.64. The summed E-state index contributed by atoms with van der Waals surface area (Å²) in [4.78, 5) is 20.2. The highest BCUT2D eigenvalue weighted by Gasteiger charge is 2.41. The quantitative estimate of drug-likeness (QED) is 0.885. The van der Waals surface area contributed by atoms with Gasteiger partial charge in [0.2, 0.25) is 0 Å². The topological polar surface area (TPSA) is 55.5 Å². The number of hydrogen-bond donors (Lipinski definition) is 1. The third-order valence-corrected chi connectivity index (χ3v) is 6.37. The molecule has 2 fully saturated rings. The molecule has 2 aromatic rings. The summed E-state index contributed by atoms with van der Waals surface area (Å²) in [5.74, 6) is 0.153. The number of likely N-dealkylation sites (N-methyl/N-ethyl adjacent to an activating group) is 1. The molecule has 1 aromatic carbocycles. The summed E-state index contributed by atoms with van der Waals surface area (Å²) in [6, 6.07) is 9.81. The highest BCUT2D eigenvalue weighted by Crippen LogP contribution is 2.31. The van der Waals surface area contributed by atoms with Crippen LogP contribution in [0.3, 0.4) is 0 Å². The van der Waals surface area contributed by atoms with Crippen LogP contribution in [0.1, 0.15) is 29.6 Å². The zero-order valence-electron chi connectivity index (χ0n) is 16.3. The zero-order valence-corrected chi connectivity index (χ0v) is 16.3. The second-order valence-electron chi connectivity index (χ2n) is 8.08. The average molecular weight is 367 g/mol. The molecule has 0 radical (unpaired) electrons. The summed E-state index contributed by atoms with van der Waals surface area (Å²) in [5.41, 5.74) is 2.90. The van der Waals surface area contributed by atoms with Gasteiger partial charge in [-0.15, -0.1) is 0 Å². The molecule has 144 valence electrons. The van der Waals surface area contributed by atoms with Crippen LogP contribution in [-0.4, -0.2) is 83.2 Å². The van der Waals surface area contributed by atoms with Gasteiger partial charge >= 0.3 is 0 Å². The molecule has 1 aromatic heterocycles. The lowest BCUT2D eigenvalue weighted by Crippen LogP contribution is -2.58. The number of nitrogens with zero attached hydrogens (tertiary/aromatic N) is 4. The average Bonchev–Trinajstić information content (AvgIpc) is 3.18. The van der Waals surface area contributed by atoms with Crippen LogP contribution in [-0.2, 0) is 0 Å². The van der Waals surface area contributed by atoms with Crippen molar-refractivity contribution >= 4 is 5.91 Å². The van der Waals surface area contributed by atoms with Crippen LogP contribution in [0, 0.1) is 0 Å². The van der Waals surface area contributed by atoms with Gasteiger partial charge in [0.1, 0.15) is 0 Å². The minimum Gasteiger partial charge on any atom is -0.337 e. The van der Waals surface area contributed by atoms with Gasteiger partial charge in [0, 0.05) is 36.9 Å². The van der Waals surface area contributed by atoms with E-state index in [1.54, 1.807) is 6.20 Å². The summed E-state index contributed by atoms with van der Waals surface area (Å²) in [6.07, 6.45) is 5.03. The minimum absolute atomic E-state index is 0.120. The molecule has 0 bridgehead atoms. The van der Waals surface area contributed by atoms with Gasteiger partial charge in [-0.3, -0.25) is 14.8 Å². The molecule has 6 heteroatoms. The van der Waals surface area contributed by atoms with Crippen molar-refractivity contribution in [1.29, 1.82) is 0 Å². The van der Waals surface area contributed by atoms with Crippen LogP contribution in [0.15, 0.2) is 36.5 Å². The van der Waals surface area contributed by atoms with Crippen LogP contribution < -0.4 is 0 Å². The number of hydrogen-bond acceptors (Lipinski definition) is 4. The van der Waals surface area contributed by atoms with E-state index < -0.39 is 0 Å². The van der Waals surface area contributed by atoms with Gasteiger partial charge in [0.15, 0.2) is 0 Å². The molecular weight excluding hydrogens is 338 g/mol. The molecule has 0 saturated carbocycles. The number of carbonyl (C=O) groups is 1. The molecule has 1 N–H and O–H groups in total. The Morgan fingerprint density at radius 2 is 1.78 bits per heavy atom. The van der Waals surface area contributed by atoms with E-state index in [9.17, 15) is 4.79 Å². The summed E-state index contributed by atoms with van der Waals surface area (Å²) >= 11 is 0. The Hall–Kier alpha value is -2.18. The third-order valence-electron chi connectivity index (χ3n) is 6.37. The van der Waals surface area contributed by atoms with Gasteiger partial charge in [-0.2, -0.15) is 5.10 Å². The molecule has 6 nitrogen and oxygen atoms in total. The first-order chi connectivity index (χ1) is 13.1. The first-order valence-electron chi connectivity index (χ1n) is 9.86. The van der Waals surface area contributed by atoms with E-state index in [4.69, 9.17) is 0 Å². The van der Waals surface area contributed by atoms with Crippen molar-refractivity contribution < 1.29 is 4.79 Å². The molecule has 0 unspecified atom stereocenters. The number of amides is 1. The van der Waals surface area contributed by atoms with Crippen molar-refractivity contribution in [3.8, 4) is 11.3 Å². The standard InChI is InChI=1S/C21H29N5O/c1-24-14-9-21(10-15-24)16-26(13-3-12-25(21)2)20(27)18-6-4-17(5-7-18)19-8-11-22-23-19/h4-8,11H,3,9-10,12-16H2,1-2H3,(H,22,23). The molecule has 1 amide bonds. The predicted molar refractivity (Wildman–Crippen MR) is 107 cm³/mol. The van der Waals surface area contributed by atoms with E-state index in [-0.39, 0.29) is 11.4 Å². The number of carbonyl (C=O) groups excluding carboxylic acids is 1. The second kappa shape index (κ2) is 7.44. The number of aromatic nitrogens is 2. The lowest BCUT2D eigenvalue weighted by molar-refractivity contribution is 0.0317. The van der Waals surface area contributed by atoms with E-state index in [1.165, 1.54) is 0 Å². The SMILES string of the molecule is CN1CCC2(CC1)CN(C(=O)c1ccc(-c3ccn[nH]3)cc1)CCCN2C. The monoisotopic (exact) mass is 367 g/mol. The molecule has 4 rings (SSSR count). The van der Waals surface area contributed by atoms with E-state index in [0.717, 1.165) is 68.8 Å². The van der Waals surface area contributed by atoms with Gasteiger partial charge in [-0.25, -0.2) is 0 Å². The van der Waals surface area contributed by atoms with Crippen LogP contribution in [0.2, 0.25) is 0 Å². The number of piperidine rings is 1. The molecular formula is C21H29N5O. The molecule has 2 saturated heterocycles. The largest absolute Gasteiger partial charge is 0.337 e. The van der Waals surface area contributed by atoms with Crippen LogP contribution >= 0.6 is 0 Å². The molecule has 0 atom stereocenters. The Kier molecular flexibility index (Phi) is 5.02. The maximum absolute atomic E-state index is 13.2. The van der Waals surface area contributed by atoms with Crippen molar-refractivity contribution in [2.45, 2.75) is 24.8 Å². The summed E-state index contributed by atoms with van der Waals surface area (Å²) in [5, 5.41) is 6.96. The van der Waals surface area contributed by atoms with Crippen molar-refractivity contribution in [2.75, 3.05) is 46.8 Å². The van der Waals surface area contributed by atoms with Gasteiger partial charge in [-0.05, 0) is 70.2 Å². The fourth-order valence-corrected chi connectivity index (χ4v) is 4.43. The zero-order chi connectivity index (χ0) is 18.9. The number of likely N-dealkylation sites (tertiary alicyclic amines) is 1. The summed E-state index contributed by atoms with van der Waals surface area (Å²) in [7, 11) is 4.42. The van der Waals surface area contributed by atoms with Crippen LogP contribution in [0.25, 0.3) is 11.3 Å². The van der Waals surface area contributed by atoms with Gasteiger partial charge in [-0.1, -0.05) is 12.1 Å². The number of H-pyrrole nitrogens is 1.